The molecule has 0 unspecified atom stereocenters. The SMILES string of the molecule is Cc1ncc2ncoc2n1. The fraction of sp³-hybridized carbons (Fsp3) is 0.167. The number of aryl methyl sites for hydroxylation is 1. The molecule has 4 heteroatoms. The van der Waals surface area contributed by atoms with Crippen molar-refractivity contribution in [3.8, 4) is 0 Å². The third kappa shape index (κ3) is 0.655. The van der Waals surface area contributed by atoms with Gasteiger partial charge in [-0.15, -0.1) is 0 Å². The summed E-state index contributed by atoms with van der Waals surface area (Å²) in [5, 5.41) is 0. The molecule has 0 aliphatic carbocycles. The topological polar surface area (TPSA) is 51.8 Å². The Morgan fingerprint density at radius 1 is 1.40 bits per heavy atom. The van der Waals surface area contributed by atoms with Gasteiger partial charge in [-0.05, 0) is 6.92 Å². The zero-order valence-electron chi connectivity index (χ0n) is 5.40. The molecule has 0 N–H and O–H groups in total. The van der Waals surface area contributed by atoms with E-state index in [0.717, 1.165) is 0 Å². The molecule has 0 saturated heterocycles. The molecule has 0 saturated carbocycles. The lowest BCUT2D eigenvalue weighted by molar-refractivity contribution is 0.589. The first kappa shape index (κ1) is 5.34. The van der Waals surface area contributed by atoms with Crippen molar-refractivity contribution in [3.05, 3.63) is 18.4 Å². The van der Waals surface area contributed by atoms with Crippen LogP contribution in [0.25, 0.3) is 11.2 Å². The summed E-state index contributed by atoms with van der Waals surface area (Å²) in [4.78, 5) is 11.8. The number of hydrogen-bond acceptors (Lipinski definition) is 4. The van der Waals surface area contributed by atoms with Crippen molar-refractivity contribution in [2.45, 2.75) is 6.92 Å². The van der Waals surface area contributed by atoms with E-state index in [0.29, 0.717) is 17.1 Å². The first-order valence-corrected chi connectivity index (χ1v) is 2.89. The van der Waals surface area contributed by atoms with Gasteiger partial charge in [0.1, 0.15) is 11.3 Å². The Labute approximate surface area is 56.9 Å². The second kappa shape index (κ2) is 1.76. The molecule has 2 aromatic rings. The molecule has 4 nitrogen and oxygen atoms in total. The van der Waals surface area contributed by atoms with E-state index in [2.05, 4.69) is 15.0 Å². The van der Waals surface area contributed by atoms with Gasteiger partial charge < -0.3 is 4.42 Å². The molecule has 0 spiro atoms. The molecule has 0 amide bonds. The zero-order valence-corrected chi connectivity index (χ0v) is 5.40. The normalized spacial score (nSPS) is 10.5. The maximum atomic E-state index is 4.94. The van der Waals surface area contributed by atoms with Gasteiger partial charge >= 0.3 is 0 Å². The van der Waals surface area contributed by atoms with Gasteiger partial charge in [0.25, 0.3) is 0 Å². The highest BCUT2D eigenvalue weighted by Crippen LogP contribution is 2.05. The molecule has 10 heavy (non-hydrogen) atoms. The van der Waals surface area contributed by atoms with Crippen LogP contribution in [0.3, 0.4) is 0 Å². The van der Waals surface area contributed by atoms with E-state index >= 15 is 0 Å². The third-order valence-corrected chi connectivity index (χ3v) is 1.21. The summed E-state index contributed by atoms with van der Waals surface area (Å²) in [6, 6.07) is 0. The van der Waals surface area contributed by atoms with Gasteiger partial charge in [0.2, 0.25) is 5.71 Å². The van der Waals surface area contributed by atoms with Crippen LogP contribution in [0.5, 0.6) is 0 Å². The van der Waals surface area contributed by atoms with Crippen LogP contribution in [-0.2, 0) is 0 Å². The average molecular weight is 135 g/mol. The van der Waals surface area contributed by atoms with Crippen LogP contribution in [0.1, 0.15) is 5.82 Å². The quantitative estimate of drug-likeness (QED) is 0.539. The molecule has 2 rings (SSSR count). The number of nitrogens with zero attached hydrogens (tertiary/aromatic N) is 3. The lowest BCUT2D eigenvalue weighted by atomic mass is 10.5. The van der Waals surface area contributed by atoms with Gasteiger partial charge in [0, 0.05) is 0 Å². The minimum absolute atomic E-state index is 0.549. The van der Waals surface area contributed by atoms with E-state index in [1.807, 2.05) is 6.92 Å². The lowest BCUT2D eigenvalue weighted by Gasteiger charge is -1.86. The zero-order chi connectivity index (χ0) is 6.97. The maximum Gasteiger partial charge on any atom is 0.250 e. The van der Waals surface area contributed by atoms with Gasteiger partial charge in [0.15, 0.2) is 6.39 Å². The van der Waals surface area contributed by atoms with Crippen molar-refractivity contribution in [2.24, 2.45) is 0 Å². The van der Waals surface area contributed by atoms with Crippen molar-refractivity contribution >= 4 is 11.2 Å². The first-order valence-electron chi connectivity index (χ1n) is 2.89. The summed E-state index contributed by atoms with van der Waals surface area (Å²) in [6.07, 6.45) is 3.00. The van der Waals surface area contributed by atoms with Crippen LogP contribution in [0.4, 0.5) is 0 Å². The third-order valence-electron chi connectivity index (χ3n) is 1.21. The Bertz CT molecular complexity index is 355. The molecule has 0 aliphatic rings. The van der Waals surface area contributed by atoms with Crippen LogP contribution in [0.2, 0.25) is 0 Å². The number of fused-ring (bicyclic) bond motifs is 1. The average Bonchev–Trinajstić information content (AvgIpc) is 2.33. The minimum Gasteiger partial charge on any atom is -0.425 e. The Balaban J connectivity index is 2.86. The van der Waals surface area contributed by atoms with Gasteiger partial charge in [-0.3, -0.25) is 0 Å². The molecule has 0 aliphatic heterocycles. The fourth-order valence-electron chi connectivity index (χ4n) is 0.751. The Kier molecular flexibility index (Phi) is 0.943. The van der Waals surface area contributed by atoms with Gasteiger partial charge in [-0.1, -0.05) is 0 Å². The van der Waals surface area contributed by atoms with Crippen LogP contribution >= 0.6 is 0 Å². The van der Waals surface area contributed by atoms with Crippen molar-refractivity contribution in [2.75, 3.05) is 0 Å². The van der Waals surface area contributed by atoms with Crippen LogP contribution < -0.4 is 0 Å². The summed E-state index contributed by atoms with van der Waals surface area (Å²) < 4.78 is 4.94. The highest BCUT2D eigenvalue weighted by atomic mass is 16.3. The predicted molar refractivity (Wildman–Crippen MR) is 34.3 cm³/mol. The van der Waals surface area contributed by atoms with E-state index in [-0.39, 0.29) is 0 Å². The van der Waals surface area contributed by atoms with E-state index < -0.39 is 0 Å². The summed E-state index contributed by atoms with van der Waals surface area (Å²) in [7, 11) is 0. The maximum absolute atomic E-state index is 4.94. The Morgan fingerprint density at radius 2 is 2.30 bits per heavy atom. The monoisotopic (exact) mass is 135 g/mol. The summed E-state index contributed by atoms with van der Waals surface area (Å²) in [5.41, 5.74) is 1.25. The van der Waals surface area contributed by atoms with E-state index in [1.54, 1.807) is 6.20 Å². The first-order chi connectivity index (χ1) is 4.86. The fourth-order valence-corrected chi connectivity index (χ4v) is 0.751. The number of hydrogen-bond donors (Lipinski definition) is 0. The number of aromatic nitrogens is 3. The standard InChI is InChI=1S/C6H5N3O/c1-4-7-2-5-6(9-4)10-3-8-5/h2-3H,1H3. The largest absolute Gasteiger partial charge is 0.425 e. The van der Waals surface area contributed by atoms with Crippen LogP contribution in [0.15, 0.2) is 17.0 Å². The molecule has 0 aromatic carbocycles. The van der Waals surface area contributed by atoms with Crippen LogP contribution in [0, 0.1) is 6.92 Å². The van der Waals surface area contributed by atoms with Gasteiger partial charge in [-0.25, -0.2) is 9.97 Å². The lowest BCUT2D eigenvalue weighted by Crippen LogP contribution is -1.84. The van der Waals surface area contributed by atoms with Gasteiger partial charge in [0.05, 0.1) is 6.20 Å². The summed E-state index contributed by atoms with van der Waals surface area (Å²) >= 11 is 0. The molecule has 0 radical (unpaired) electrons. The minimum atomic E-state index is 0.549. The van der Waals surface area contributed by atoms with E-state index in [4.69, 9.17) is 4.42 Å². The molecule has 2 heterocycles. The summed E-state index contributed by atoms with van der Waals surface area (Å²) in [6.45, 7) is 1.81. The highest BCUT2D eigenvalue weighted by Gasteiger charge is 1.98. The molecule has 2 aromatic heterocycles. The van der Waals surface area contributed by atoms with Crippen molar-refractivity contribution < 1.29 is 4.42 Å². The van der Waals surface area contributed by atoms with Crippen LogP contribution in [-0.4, -0.2) is 15.0 Å². The van der Waals surface area contributed by atoms with Crippen molar-refractivity contribution in [1.82, 2.24) is 15.0 Å². The molecule has 0 fully saturated rings. The van der Waals surface area contributed by atoms with Gasteiger partial charge in [-0.2, -0.15) is 4.98 Å². The second-order valence-corrected chi connectivity index (χ2v) is 1.96. The number of oxazole rings is 1. The number of rotatable bonds is 0. The second-order valence-electron chi connectivity index (χ2n) is 1.96. The summed E-state index contributed by atoms with van der Waals surface area (Å²) in [5.74, 6) is 0.698. The molecular formula is C6H5N3O. The molecule has 0 bridgehead atoms. The highest BCUT2D eigenvalue weighted by molar-refractivity contribution is 5.65. The van der Waals surface area contributed by atoms with E-state index in [1.165, 1.54) is 6.39 Å². The van der Waals surface area contributed by atoms with Crippen molar-refractivity contribution in [3.63, 3.8) is 0 Å². The molecule has 50 valence electrons. The van der Waals surface area contributed by atoms with E-state index in [9.17, 15) is 0 Å². The Morgan fingerprint density at radius 3 is 3.20 bits per heavy atom. The molecule has 0 atom stereocenters. The van der Waals surface area contributed by atoms with Crippen molar-refractivity contribution in [1.29, 1.82) is 0 Å². The smallest absolute Gasteiger partial charge is 0.250 e. The Hall–Kier alpha value is -1.45. The molecular weight excluding hydrogens is 130 g/mol. The predicted octanol–water partition coefficient (Wildman–Crippen LogP) is 0.926.